The number of aryl methyl sites for hydroxylation is 2. The van der Waals surface area contributed by atoms with E-state index in [4.69, 9.17) is 0 Å². The molecule has 4 aliphatic rings. The van der Waals surface area contributed by atoms with Gasteiger partial charge in [-0.25, -0.2) is 4.79 Å². The summed E-state index contributed by atoms with van der Waals surface area (Å²) in [6.07, 6.45) is 7.32. The largest absolute Gasteiger partial charge is 0.476 e. The number of nitroso groups, excluding NO2 is 1. The maximum Gasteiger partial charge on any atom is 0.357 e. The number of ketones is 1. The van der Waals surface area contributed by atoms with Gasteiger partial charge in [0, 0.05) is 30.2 Å². The van der Waals surface area contributed by atoms with Gasteiger partial charge in [-0.15, -0.1) is 4.91 Å². The van der Waals surface area contributed by atoms with Gasteiger partial charge in [-0.1, -0.05) is 30.3 Å². The lowest BCUT2D eigenvalue weighted by atomic mass is 9.81. The van der Waals surface area contributed by atoms with Crippen LogP contribution in [0.4, 0.5) is 22.7 Å². The van der Waals surface area contributed by atoms with Gasteiger partial charge in [0.15, 0.2) is 11.5 Å². The first kappa shape index (κ1) is 27.2. The minimum absolute atomic E-state index is 0.0141. The Kier molecular flexibility index (Phi) is 6.73. The summed E-state index contributed by atoms with van der Waals surface area (Å²) in [5, 5.41) is 21.1. The minimum Gasteiger partial charge on any atom is -0.476 e. The number of hydrogen-bond donors (Lipinski definition) is 2. The van der Waals surface area contributed by atoms with E-state index in [1.807, 2.05) is 6.07 Å². The second kappa shape index (κ2) is 10.9. The molecule has 0 bridgehead atoms. The van der Waals surface area contributed by atoms with E-state index >= 15 is 0 Å². The molecular weight excluding hydrogens is 558 g/mol. The van der Waals surface area contributed by atoms with Gasteiger partial charge in [0.25, 0.3) is 5.91 Å². The van der Waals surface area contributed by atoms with E-state index in [0.29, 0.717) is 5.69 Å². The summed E-state index contributed by atoms with van der Waals surface area (Å²) in [6, 6.07) is 20.9. The lowest BCUT2D eigenvalue weighted by Gasteiger charge is -2.32. The molecule has 1 aliphatic carbocycles. The SMILES string of the molecule is O=NC1=C(/C=C/c2ccc3c(c2)CCCN3c2ccc3c(c2)CCCN3)C(=O)/C1=C1/C(=O)N(c2ccccc2)N=C1C(=O)O. The van der Waals surface area contributed by atoms with Crippen LogP contribution in [-0.2, 0) is 27.2 Å². The van der Waals surface area contributed by atoms with E-state index in [-0.39, 0.29) is 16.8 Å². The third-order valence-electron chi connectivity index (χ3n) is 8.35. The molecule has 2 N–H and O–H groups in total. The summed E-state index contributed by atoms with van der Waals surface area (Å²) in [5.74, 6) is -2.93. The Hall–Kier alpha value is -5.64. The van der Waals surface area contributed by atoms with E-state index in [1.165, 1.54) is 28.6 Å². The van der Waals surface area contributed by atoms with E-state index in [2.05, 4.69) is 50.8 Å². The monoisotopic (exact) mass is 585 g/mol. The number of carboxylic acid groups (broad SMARTS) is 1. The molecule has 0 atom stereocenters. The molecular formula is C34H27N5O5. The number of aliphatic carboxylic acids is 1. The fraction of sp³-hybridized carbons (Fsp3) is 0.176. The molecule has 7 rings (SSSR count). The van der Waals surface area contributed by atoms with Crippen molar-refractivity contribution in [2.24, 2.45) is 10.3 Å². The molecule has 10 heteroatoms. The summed E-state index contributed by atoms with van der Waals surface area (Å²) in [6.45, 7) is 1.92. The number of carboxylic acids is 1. The van der Waals surface area contributed by atoms with Crippen molar-refractivity contribution in [1.82, 2.24) is 0 Å². The van der Waals surface area contributed by atoms with Crippen molar-refractivity contribution >= 4 is 52.2 Å². The van der Waals surface area contributed by atoms with Gasteiger partial charge in [-0.3, -0.25) is 9.59 Å². The number of rotatable bonds is 6. The first-order valence-corrected chi connectivity index (χ1v) is 14.5. The number of hydrazone groups is 1. The molecule has 0 spiro atoms. The van der Waals surface area contributed by atoms with Gasteiger partial charge in [-0.05, 0) is 96.1 Å². The second-order valence-electron chi connectivity index (χ2n) is 11.0. The Balaban J connectivity index is 1.18. The van der Waals surface area contributed by atoms with E-state index in [0.717, 1.165) is 55.0 Å². The van der Waals surface area contributed by atoms with Crippen LogP contribution in [0.3, 0.4) is 0 Å². The molecule has 3 aromatic carbocycles. The van der Waals surface area contributed by atoms with Crippen molar-refractivity contribution in [3.05, 3.63) is 117 Å². The highest BCUT2D eigenvalue weighted by atomic mass is 16.4. The number of anilines is 4. The smallest absolute Gasteiger partial charge is 0.357 e. The van der Waals surface area contributed by atoms with E-state index < -0.39 is 28.9 Å². The topological polar surface area (TPSA) is 132 Å². The number of amides is 1. The first-order valence-electron chi connectivity index (χ1n) is 14.5. The molecule has 0 saturated heterocycles. The van der Waals surface area contributed by atoms with Crippen LogP contribution >= 0.6 is 0 Å². The Morgan fingerprint density at radius 1 is 0.909 bits per heavy atom. The predicted octanol–water partition coefficient (Wildman–Crippen LogP) is 5.53. The van der Waals surface area contributed by atoms with Crippen molar-refractivity contribution in [1.29, 1.82) is 0 Å². The normalized spacial score (nSPS) is 19.4. The van der Waals surface area contributed by atoms with Crippen LogP contribution in [0, 0.1) is 4.91 Å². The molecule has 3 heterocycles. The zero-order valence-electron chi connectivity index (χ0n) is 23.6. The van der Waals surface area contributed by atoms with Crippen LogP contribution < -0.4 is 15.2 Å². The molecule has 218 valence electrons. The molecule has 3 aliphatic heterocycles. The number of fused-ring (bicyclic) bond motifs is 2. The Morgan fingerprint density at radius 2 is 1.73 bits per heavy atom. The Bertz CT molecular complexity index is 1890. The quantitative estimate of drug-likeness (QED) is 0.287. The molecule has 1 amide bonds. The number of carbonyl (C=O) groups excluding carboxylic acids is 2. The average molecular weight is 586 g/mol. The van der Waals surface area contributed by atoms with Crippen molar-refractivity contribution in [3.8, 4) is 0 Å². The first-order chi connectivity index (χ1) is 21.4. The van der Waals surface area contributed by atoms with Gasteiger partial charge in [0.05, 0.1) is 22.4 Å². The minimum atomic E-state index is -1.49. The van der Waals surface area contributed by atoms with Gasteiger partial charge >= 0.3 is 5.97 Å². The van der Waals surface area contributed by atoms with Crippen molar-refractivity contribution in [2.45, 2.75) is 25.7 Å². The number of allylic oxidation sites excluding steroid dienone is 3. The third-order valence-corrected chi connectivity index (χ3v) is 8.35. The molecule has 0 unspecified atom stereocenters. The number of nitrogens with one attached hydrogen (secondary N) is 1. The number of hydrogen-bond acceptors (Lipinski definition) is 8. The van der Waals surface area contributed by atoms with Gasteiger partial charge < -0.3 is 15.3 Å². The standard InChI is InChI=1S/C34H27N5O5/c40-32-25(30(37-44)28(32)29-31(34(42)43)36-39(33(29)41)23-8-2-1-3-9-23)13-10-20-11-15-27-22(18-20)7-5-17-38(27)24-12-14-26-21(19-24)6-4-16-35-26/h1-3,8-15,18-19,35H,4-7,16-17H2,(H,42,43)/b13-10+,29-28+. The molecule has 0 saturated carbocycles. The van der Waals surface area contributed by atoms with Gasteiger partial charge in [0.2, 0.25) is 0 Å². The summed E-state index contributed by atoms with van der Waals surface area (Å²) in [5.41, 5.74) is 5.58. The van der Waals surface area contributed by atoms with Crippen molar-refractivity contribution in [2.75, 3.05) is 28.3 Å². The summed E-state index contributed by atoms with van der Waals surface area (Å²) in [4.78, 5) is 52.6. The fourth-order valence-corrected chi connectivity index (χ4v) is 6.22. The van der Waals surface area contributed by atoms with Gasteiger partial charge in [-0.2, -0.15) is 10.1 Å². The number of Topliss-reactive ketones (excluding diaryl/α,β-unsaturated/α-hetero) is 1. The van der Waals surface area contributed by atoms with Gasteiger partial charge in [0.1, 0.15) is 5.70 Å². The highest BCUT2D eigenvalue weighted by molar-refractivity contribution is 6.55. The van der Waals surface area contributed by atoms with Crippen LogP contribution in [0.25, 0.3) is 6.08 Å². The Morgan fingerprint density at radius 3 is 2.52 bits per heavy atom. The van der Waals surface area contributed by atoms with Crippen LogP contribution in [0.2, 0.25) is 0 Å². The zero-order chi connectivity index (χ0) is 30.4. The van der Waals surface area contributed by atoms with Crippen molar-refractivity contribution in [3.63, 3.8) is 0 Å². The second-order valence-corrected chi connectivity index (χ2v) is 11.0. The molecule has 44 heavy (non-hydrogen) atoms. The summed E-state index contributed by atoms with van der Waals surface area (Å²) >= 11 is 0. The van der Waals surface area contributed by atoms with E-state index in [1.54, 1.807) is 36.4 Å². The molecule has 0 fully saturated rings. The third kappa shape index (κ3) is 4.51. The molecule has 0 aromatic heterocycles. The lowest BCUT2D eigenvalue weighted by Crippen LogP contribution is -2.30. The van der Waals surface area contributed by atoms with Crippen molar-refractivity contribution < 1.29 is 19.5 Å². The number of para-hydroxylation sites is 1. The Labute approximate surface area is 252 Å². The van der Waals surface area contributed by atoms with Crippen LogP contribution in [0.15, 0.2) is 106 Å². The van der Waals surface area contributed by atoms with Crippen LogP contribution in [-0.4, -0.2) is 41.6 Å². The number of nitrogens with zero attached hydrogens (tertiary/aromatic N) is 4. The molecule has 10 nitrogen and oxygen atoms in total. The highest BCUT2D eigenvalue weighted by Crippen LogP contribution is 2.40. The maximum absolute atomic E-state index is 13.2. The number of carbonyl (C=O) groups is 3. The zero-order valence-corrected chi connectivity index (χ0v) is 23.6. The van der Waals surface area contributed by atoms with Crippen LogP contribution in [0.1, 0.15) is 29.5 Å². The molecule has 3 aromatic rings. The maximum atomic E-state index is 13.2. The average Bonchev–Trinajstić information content (AvgIpc) is 3.39. The summed E-state index contributed by atoms with van der Waals surface area (Å²) in [7, 11) is 0. The fourth-order valence-electron chi connectivity index (χ4n) is 6.22. The molecule has 0 radical (unpaired) electrons. The lowest BCUT2D eigenvalue weighted by molar-refractivity contribution is -0.129. The number of benzene rings is 3. The van der Waals surface area contributed by atoms with E-state index in [9.17, 15) is 24.4 Å². The predicted molar refractivity (Wildman–Crippen MR) is 168 cm³/mol. The summed E-state index contributed by atoms with van der Waals surface area (Å²) < 4.78 is 0. The highest BCUT2D eigenvalue weighted by Gasteiger charge is 2.45. The van der Waals surface area contributed by atoms with Crippen LogP contribution in [0.5, 0.6) is 0 Å².